The van der Waals surface area contributed by atoms with Crippen LogP contribution in [-0.2, 0) is 17.9 Å². The number of aromatic nitrogens is 3. The molecule has 0 N–H and O–H groups in total. The van der Waals surface area contributed by atoms with Gasteiger partial charge in [0.25, 0.3) is 0 Å². The van der Waals surface area contributed by atoms with E-state index in [0.717, 1.165) is 16.9 Å². The minimum Gasteiger partial charge on any atom is -0.496 e. The summed E-state index contributed by atoms with van der Waals surface area (Å²) < 4.78 is 18.7. The van der Waals surface area contributed by atoms with E-state index in [4.69, 9.17) is 14.2 Å². The number of ether oxygens (including phenoxy) is 3. The highest BCUT2D eigenvalue weighted by Gasteiger charge is 2.18. The summed E-state index contributed by atoms with van der Waals surface area (Å²) in [5.74, 6) is 2.16. The average Bonchev–Trinajstić information content (AvgIpc) is 3.31. The molecule has 3 aromatic carbocycles. The molecule has 0 aliphatic carbocycles. The maximum atomic E-state index is 12.8. The molecule has 0 aliphatic rings. The highest BCUT2D eigenvalue weighted by molar-refractivity contribution is 7.99. The van der Waals surface area contributed by atoms with Gasteiger partial charge in [0.15, 0.2) is 16.8 Å². The molecule has 8 heteroatoms. The first-order valence-corrected chi connectivity index (χ1v) is 12.2. The Labute approximate surface area is 209 Å². The van der Waals surface area contributed by atoms with Crippen LogP contribution < -0.4 is 9.47 Å². The second kappa shape index (κ2) is 12.2. The largest absolute Gasteiger partial charge is 0.496 e. The van der Waals surface area contributed by atoms with E-state index in [-0.39, 0.29) is 18.1 Å². The first-order chi connectivity index (χ1) is 17.2. The van der Waals surface area contributed by atoms with Crippen LogP contribution >= 0.6 is 11.8 Å². The molecular formula is C27H27N3O4S. The molecule has 0 saturated carbocycles. The summed E-state index contributed by atoms with van der Waals surface area (Å²) >= 11 is 1.34. The van der Waals surface area contributed by atoms with Crippen LogP contribution in [0.15, 0.2) is 84.0 Å². The molecule has 1 heterocycles. The van der Waals surface area contributed by atoms with Crippen LogP contribution in [0.3, 0.4) is 0 Å². The number of hydrogen-bond acceptors (Lipinski definition) is 7. The van der Waals surface area contributed by atoms with E-state index in [0.29, 0.717) is 35.4 Å². The van der Waals surface area contributed by atoms with Gasteiger partial charge in [-0.2, -0.15) is 0 Å². The van der Waals surface area contributed by atoms with Crippen LogP contribution in [0.1, 0.15) is 16.2 Å². The molecule has 0 atom stereocenters. The Bertz CT molecular complexity index is 1260. The zero-order valence-electron chi connectivity index (χ0n) is 19.7. The second-order valence-corrected chi connectivity index (χ2v) is 8.55. The van der Waals surface area contributed by atoms with E-state index in [1.165, 1.54) is 11.8 Å². The van der Waals surface area contributed by atoms with Gasteiger partial charge in [0, 0.05) is 19.2 Å². The van der Waals surface area contributed by atoms with Crippen LogP contribution in [-0.4, -0.2) is 47.1 Å². The molecule has 0 aliphatic heterocycles. The number of ketones is 1. The molecule has 0 unspecified atom stereocenters. The Hall–Kier alpha value is -3.62. The molecule has 180 valence electrons. The summed E-state index contributed by atoms with van der Waals surface area (Å²) in [7, 11) is 3.21. The first-order valence-electron chi connectivity index (χ1n) is 11.2. The van der Waals surface area contributed by atoms with Gasteiger partial charge in [0.1, 0.15) is 18.1 Å². The van der Waals surface area contributed by atoms with Crippen molar-refractivity contribution in [1.82, 2.24) is 14.8 Å². The summed E-state index contributed by atoms with van der Waals surface area (Å²) in [6.07, 6.45) is 0. The first kappa shape index (κ1) is 24.5. The summed E-state index contributed by atoms with van der Waals surface area (Å²) in [5.41, 5.74) is 2.63. The van der Waals surface area contributed by atoms with Crippen LogP contribution in [0, 0.1) is 0 Å². The predicted molar refractivity (Wildman–Crippen MR) is 136 cm³/mol. The zero-order chi connectivity index (χ0) is 24.5. The van der Waals surface area contributed by atoms with Crippen molar-refractivity contribution in [3.63, 3.8) is 0 Å². The topological polar surface area (TPSA) is 75.5 Å². The third-order valence-corrected chi connectivity index (χ3v) is 6.35. The van der Waals surface area contributed by atoms with Gasteiger partial charge in [-0.25, -0.2) is 0 Å². The van der Waals surface area contributed by atoms with E-state index in [1.807, 2.05) is 59.2 Å². The van der Waals surface area contributed by atoms with Crippen molar-refractivity contribution >= 4 is 17.5 Å². The average molecular weight is 490 g/mol. The Balaban J connectivity index is 1.49. The van der Waals surface area contributed by atoms with Gasteiger partial charge in [-0.05, 0) is 23.8 Å². The van der Waals surface area contributed by atoms with E-state index < -0.39 is 0 Å². The van der Waals surface area contributed by atoms with Gasteiger partial charge in [0.2, 0.25) is 0 Å². The van der Waals surface area contributed by atoms with Gasteiger partial charge in [0.05, 0.1) is 25.0 Å². The fourth-order valence-corrected chi connectivity index (χ4v) is 4.48. The lowest BCUT2D eigenvalue weighted by Gasteiger charge is -2.13. The summed E-state index contributed by atoms with van der Waals surface area (Å²) in [6.45, 7) is 1.27. The van der Waals surface area contributed by atoms with E-state index in [1.54, 1.807) is 26.4 Å². The standard InChI is InChI=1S/C27H27N3O4S/c1-32-17-16-30-26(18-34-25-15-9-6-12-21(25)20-10-4-3-5-11-20)28-29-27(30)35-19-23(31)22-13-7-8-14-24(22)33-2/h3-15H,16-19H2,1-2H3. The number of nitrogens with zero attached hydrogens (tertiary/aromatic N) is 3. The van der Waals surface area contributed by atoms with Crippen molar-refractivity contribution in [2.24, 2.45) is 0 Å². The molecule has 7 nitrogen and oxygen atoms in total. The van der Waals surface area contributed by atoms with E-state index in [9.17, 15) is 4.79 Å². The lowest BCUT2D eigenvalue weighted by atomic mass is 10.1. The monoisotopic (exact) mass is 489 g/mol. The summed E-state index contributed by atoms with van der Waals surface area (Å²) in [5, 5.41) is 9.31. The maximum Gasteiger partial charge on any atom is 0.191 e. The van der Waals surface area contributed by atoms with Gasteiger partial charge >= 0.3 is 0 Å². The second-order valence-electron chi connectivity index (χ2n) is 7.61. The predicted octanol–water partition coefficient (Wildman–Crippen LogP) is 5.15. The number of para-hydroxylation sites is 2. The number of thioether (sulfide) groups is 1. The van der Waals surface area contributed by atoms with Crippen LogP contribution in [0.25, 0.3) is 11.1 Å². The van der Waals surface area contributed by atoms with Crippen LogP contribution in [0.2, 0.25) is 0 Å². The Kier molecular flexibility index (Phi) is 8.53. The molecule has 0 amide bonds. The molecule has 35 heavy (non-hydrogen) atoms. The molecule has 4 rings (SSSR count). The third-order valence-electron chi connectivity index (χ3n) is 5.38. The van der Waals surface area contributed by atoms with Crippen molar-refractivity contribution in [3.05, 3.63) is 90.3 Å². The Morgan fingerprint density at radius 3 is 2.37 bits per heavy atom. The van der Waals surface area contributed by atoms with E-state index in [2.05, 4.69) is 22.3 Å². The maximum absolute atomic E-state index is 12.8. The number of rotatable bonds is 12. The number of Topliss-reactive ketones (excluding diaryl/α,β-unsaturated/α-hetero) is 1. The molecule has 0 radical (unpaired) electrons. The molecular weight excluding hydrogens is 462 g/mol. The minimum absolute atomic E-state index is 0.0386. The minimum atomic E-state index is -0.0386. The van der Waals surface area contributed by atoms with Crippen molar-refractivity contribution in [1.29, 1.82) is 0 Å². The number of benzene rings is 3. The van der Waals surface area contributed by atoms with Crippen molar-refractivity contribution in [2.45, 2.75) is 18.3 Å². The molecule has 0 spiro atoms. The normalized spacial score (nSPS) is 10.8. The lowest BCUT2D eigenvalue weighted by Crippen LogP contribution is -2.13. The van der Waals surface area contributed by atoms with Gasteiger partial charge in [-0.15, -0.1) is 10.2 Å². The summed E-state index contributed by atoms with van der Waals surface area (Å²) in [6, 6.07) is 25.2. The smallest absolute Gasteiger partial charge is 0.191 e. The molecule has 1 aromatic heterocycles. The van der Waals surface area contributed by atoms with Crippen LogP contribution in [0.5, 0.6) is 11.5 Å². The highest BCUT2D eigenvalue weighted by atomic mass is 32.2. The SMILES string of the molecule is COCCn1c(COc2ccccc2-c2ccccc2)nnc1SCC(=O)c1ccccc1OC. The number of methoxy groups -OCH3 is 2. The lowest BCUT2D eigenvalue weighted by molar-refractivity contribution is 0.101. The molecule has 0 saturated heterocycles. The van der Waals surface area contributed by atoms with Crippen molar-refractivity contribution in [2.75, 3.05) is 26.6 Å². The highest BCUT2D eigenvalue weighted by Crippen LogP contribution is 2.30. The third kappa shape index (κ3) is 6.09. The van der Waals surface area contributed by atoms with Crippen molar-refractivity contribution < 1.29 is 19.0 Å². The number of carbonyl (C=O) groups excluding carboxylic acids is 1. The molecule has 0 bridgehead atoms. The number of hydrogen-bond donors (Lipinski definition) is 0. The molecule has 4 aromatic rings. The van der Waals surface area contributed by atoms with E-state index >= 15 is 0 Å². The van der Waals surface area contributed by atoms with Crippen molar-refractivity contribution in [3.8, 4) is 22.6 Å². The fourth-order valence-electron chi connectivity index (χ4n) is 3.61. The Morgan fingerprint density at radius 2 is 1.60 bits per heavy atom. The zero-order valence-corrected chi connectivity index (χ0v) is 20.5. The molecule has 0 fully saturated rings. The van der Waals surface area contributed by atoms with Gasteiger partial charge in [-0.3, -0.25) is 4.79 Å². The van der Waals surface area contributed by atoms with Gasteiger partial charge in [-0.1, -0.05) is 72.4 Å². The van der Waals surface area contributed by atoms with Gasteiger partial charge < -0.3 is 18.8 Å². The van der Waals surface area contributed by atoms with Crippen LogP contribution in [0.4, 0.5) is 0 Å². The summed E-state index contributed by atoms with van der Waals surface area (Å²) in [4.78, 5) is 12.8. The number of carbonyl (C=O) groups is 1. The fraction of sp³-hybridized carbons (Fsp3) is 0.222. The quantitative estimate of drug-likeness (QED) is 0.201. The Morgan fingerprint density at radius 1 is 0.886 bits per heavy atom.